The van der Waals surface area contributed by atoms with Crippen LogP contribution >= 0.6 is 21.6 Å². The van der Waals surface area contributed by atoms with Crippen LogP contribution in [-0.2, 0) is 19.2 Å². The summed E-state index contributed by atoms with van der Waals surface area (Å²) in [5.74, 6) is -4.22. The largest absolute Gasteiger partial charge is 0.481 e. The van der Waals surface area contributed by atoms with Crippen molar-refractivity contribution in [1.29, 1.82) is 0 Å². The normalized spacial score (nSPS) is 15.4. The zero-order valence-corrected chi connectivity index (χ0v) is 17.3. The van der Waals surface area contributed by atoms with Crippen molar-refractivity contribution in [3.05, 3.63) is 0 Å². The highest BCUT2D eigenvalue weighted by atomic mass is 33.1. The molecule has 0 radical (unpaired) electrons. The first-order valence-electron chi connectivity index (χ1n) is 8.85. The lowest BCUT2D eigenvalue weighted by Crippen LogP contribution is -2.51. The van der Waals surface area contributed by atoms with E-state index < -0.39 is 47.1 Å². The maximum absolute atomic E-state index is 12.9. The summed E-state index contributed by atoms with van der Waals surface area (Å²) >= 11 is 0. The van der Waals surface area contributed by atoms with Crippen LogP contribution in [0.3, 0.4) is 0 Å². The maximum atomic E-state index is 12.9. The molecule has 0 aliphatic rings. The van der Waals surface area contributed by atoms with Crippen LogP contribution in [0.15, 0.2) is 0 Å². The molecule has 8 N–H and O–H groups in total. The van der Waals surface area contributed by atoms with E-state index in [0.717, 1.165) is 40.9 Å². The second-order valence-electron chi connectivity index (χ2n) is 6.16. The number of rotatable bonds is 17. The van der Waals surface area contributed by atoms with Crippen molar-refractivity contribution in [3.8, 4) is 0 Å². The minimum absolute atomic E-state index is 0.00297. The number of carboxylic acid groups (broad SMARTS) is 3. The number of carbonyl (C=O) groups is 4. The predicted octanol–water partition coefficient (Wildman–Crippen LogP) is 0.143. The molecule has 0 saturated heterocycles. The molecule has 0 aliphatic heterocycles. The van der Waals surface area contributed by atoms with Gasteiger partial charge >= 0.3 is 17.9 Å². The lowest BCUT2D eigenvalue weighted by Gasteiger charge is -2.25. The third kappa shape index (κ3) is 10.9. The van der Waals surface area contributed by atoms with Gasteiger partial charge in [0.05, 0.1) is 6.04 Å². The van der Waals surface area contributed by atoms with Gasteiger partial charge in [-0.15, -0.1) is 0 Å². The fourth-order valence-corrected chi connectivity index (χ4v) is 4.90. The van der Waals surface area contributed by atoms with E-state index in [0.29, 0.717) is 6.54 Å². The summed E-state index contributed by atoms with van der Waals surface area (Å²) in [6.45, 7) is 2.51. The second-order valence-corrected chi connectivity index (χ2v) is 8.71. The van der Waals surface area contributed by atoms with Gasteiger partial charge in [0.1, 0.15) is 17.3 Å². The molecule has 0 spiro atoms. The highest BCUT2D eigenvalue weighted by molar-refractivity contribution is 8.77. The molecule has 12 heteroatoms. The zero-order valence-electron chi connectivity index (χ0n) is 15.7. The Bertz CT molecular complexity index is 536. The number of nitrogens with two attached hydrogens (primary N) is 2. The third-order valence-electron chi connectivity index (χ3n) is 3.79. The summed E-state index contributed by atoms with van der Waals surface area (Å²) in [6, 6.07) is -3.54. The third-order valence-corrected chi connectivity index (χ3v) is 6.59. The molecular formula is C16H29N3O7S2. The Hall–Kier alpha value is -1.34. The number of carboxylic acids is 3. The van der Waals surface area contributed by atoms with Gasteiger partial charge in [-0.1, -0.05) is 41.4 Å². The quantitative estimate of drug-likeness (QED) is 0.133. The fraction of sp³-hybridized carbons (Fsp3) is 0.750. The van der Waals surface area contributed by atoms with E-state index >= 15 is 0 Å². The Balaban J connectivity index is 5.15. The van der Waals surface area contributed by atoms with E-state index in [4.69, 9.17) is 21.7 Å². The molecule has 28 heavy (non-hydrogen) atoms. The number of nitrogens with one attached hydrogen (secondary N) is 1. The highest BCUT2D eigenvalue weighted by Crippen LogP contribution is 2.31. The van der Waals surface area contributed by atoms with Crippen LogP contribution in [0.2, 0.25) is 0 Å². The monoisotopic (exact) mass is 439 g/mol. The molecule has 0 saturated carbocycles. The zero-order chi connectivity index (χ0) is 21.7. The van der Waals surface area contributed by atoms with Crippen LogP contribution in [0.4, 0.5) is 0 Å². The molecule has 0 fully saturated rings. The molecule has 162 valence electrons. The minimum Gasteiger partial charge on any atom is -0.481 e. The van der Waals surface area contributed by atoms with E-state index in [9.17, 15) is 24.3 Å². The average Bonchev–Trinajstić information content (AvgIpc) is 2.63. The van der Waals surface area contributed by atoms with Crippen LogP contribution in [0.25, 0.3) is 0 Å². The number of hydrogen-bond donors (Lipinski definition) is 6. The van der Waals surface area contributed by atoms with Crippen molar-refractivity contribution in [1.82, 2.24) is 5.32 Å². The number of Topliss-reactive ketones (excluding diaryl/α,β-unsaturated/α-hetero) is 1. The summed E-state index contributed by atoms with van der Waals surface area (Å²) in [5.41, 5.74) is 11.1. The molecule has 0 aromatic rings. The number of hydrogen-bond acceptors (Lipinski definition) is 9. The molecule has 0 aromatic carbocycles. The van der Waals surface area contributed by atoms with Gasteiger partial charge in [0.15, 0.2) is 5.78 Å². The van der Waals surface area contributed by atoms with Crippen molar-refractivity contribution in [2.75, 3.05) is 12.3 Å². The molecule has 0 bridgehead atoms. The van der Waals surface area contributed by atoms with Crippen molar-refractivity contribution in [2.24, 2.45) is 11.5 Å². The topological polar surface area (TPSA) is 193 Å². The first-order chi connectivity index (χ1) is 13.1. The van der Waals surface area contributed by atoms with Gasteiger partial charge in [-0.3, -0.25) is 19.2 Å². The first kappa shape index (κ1) is 26.7. The van der Waals surface area contributed by atoms with Crippen LogP contribution in [0, 0.1) is 0 Å². The predicted molar refractivity (Wildman–Crippen MR) is 108 cm³/mol. The SMILES string of the molecule is CCCCCN[C@@H](CCC(=O)O)C(=O)C(SSC[C@H](N)C(=O)O)[C@H](N)C(=O)O. The molecule has 4 atom stereocenters. The highest BCUT2D eigenvalue weighted by Gasteiger charge is 2.36. The van der Waals surface area contributed by atoms with Crippen LogP contribution in [0.5, 0.6) is 0 Å². The van der Waals surface area contributed by atoms with E-state index in [1.807, 2.05) is 6.92 Å². The standard InChI is InChI=1S/C16H29N3O7S2/c1-2-3-4-7-19-10(5-6-11(20)21)13(22)14(12(18)16(25)26)28-27-8-9(17)15(23)24/h9-10,12,14,19H,2-8,17-18H2,1H3,(H,20,21)(H,23,24)(H,25,26)/t9-,10-,12-,14?/m0/s1. The first-order valence-corrected chi connectivity index (χ1v) is 11.2. The lowest BCUT2D eigenvalue weighted by molar-refractivity contribution is -0.140. The molecule has 0 aromatic heterocycles. The van der Waals surface area contributed by atoms with Crippen molar-refractivity contribution < 1.29 is 34.5 Å². The summed E-state index contributed by atoms with van der Waals surface area (Å²) in [6.07, 6.45) is 2.44. The number of ketones is 1. The molecule has 0 amide bonds. The van der Waals surface area contributed by atoms with Crippen LogP contribution in [0.1, 0.15) is 39.0 Å². The summed E-state index contributed by atoms with van der Waals surface area (Å²) in [7, 11) is 1.80. The van der Waals surface area contributed by atoms with Gasteiger partial charge in [-0.2, -0.15) is 0 Å². The van der Waals surface area contributed by atoms with Crippen LogP contribution in [-0.4, -0.2) is 74.7 Å². The Kier molecular flexibility index (Phi) is 13.9. The van der Waals surface area contributed by atoms with E-state index in [2.05, 4.69) is 5.32 Å². The fourth-order valence-electron chi connectivity index (χ4n) is 2.13. The number of carbonyl (C=O) groups excluding carboxylic acids is 1. The molecular weight excluding hydrogens is 410 g/mol. The van der Waals surface area contributed by atoms with Crippen LogP contribution < -0.4 is 16.8 Å². The molecule has 0 aliphatic carbocycles. The van der Waals surface area contributed by atoms with Crippen molar-refractivity contribution >= 4 is 45.3 Å². The second kappa shape index (κ2) is 14.6. The van der Waals surface area contributed by atoms with Crippen molar-refractivity contribution in [3.63, 3.8) is 0 Å². The van der Waals surface area contributed by atoms with Gasteiger partial charge in [0.25, 0.3) is 0 Å². The lowest BCUT2D eigenvalue weighted by atomic mass is 10.00. The van der Waals surface area contributed by atoms with Gasteiger partial charge in [-0.25, -0.2) is 0 Å². The number of unbranched alkanes of at least 4 members (excludes halogenated alkanes) is 2. The van der Waals surface area contributed by atoms with E-state index in [1.54, 1.807) is 0 Å². The van der Waals surface area contributed by atoms with Gasteiger partial charge in [-0.05, 0) is 19.4 Å². The van der Waals surface area contributed by atoms with Gasteiger partial charge in [0.2, 0.25) is 0 Å². The molecule has 10 nitrogen and oxygen atoms in total. The van der Waals surface area contributed by atoms with Crippen molar-refractivity contribution in [2.45, 2.75) is 62.4 Å². The summed E-state index contributed by atoms with van der Waals surface area (Å²) in [4.78, 5) is 45.9. The Labute approximate surface area is 171 Å². The Morgan fingerprint density at radius 3 is 2.18 bits per heavy atom. The van der Waals surface area contributed by atoms with E-state index in [-0.39, 0.29) is 18.6 Å². The van der Waals surface area contributed by atoms with E-state index in [1.165, 1.54) is 0 Å². The Morgan fingerprint density at radius 2 is 1.68 bits per heavy atom. The smallest absolute Gasteiger partial charge is 0.322 e. The van der Waals surface area contributed by atoms with Gasteiger partial charge < -0.3 is 32.1 Å². The average molecular weight is 440 g/mol. The minimum atomic E-state index is -1.52. The summed E-state index contributed by atoms with van der Waals surface area (Å²) < 4.78 is 0. The molecule has 1 unspecified atom stereocenters. The molecule has 0 rings (SSSR count). The number of aliphatic carboxylic acids is 3. The molecule has 0 heterocycles. The summed E-state index contributed by atoms with van der Waals surface area (Å²) in [5, 5.41) is 28.7. The maximum Gasteiger partial charge on any atom is 0.322 e. The Morgan fingerprint density at radius 1 is 1.04 bits per heavy atom. The van der Waals surface area contributed by atoms with Gasteiger partial charge in [0, 0.05) is 12.2 Å².